The summed E-state index contributed by atoms with van der Waals surface area (Å²) in [6.07, 6.45) is 2.84. The number of aromatic hydroxyl groups is 1. The molecule has 0 radical (unpaired) electrons. The van der Waals surface area contributed by atoms with Crippen molar-refractivity contribution in [3.8, 4) is 5.88 Å². The van der Waals surface area contributed by atoms with Crippen LogP contribution in [0.4, 0.5) is 5.82 Å². The monoisotopic (exact) mass is 298 g/mol. The zero-order valence-electron chi connectivity index (χ0n) is 11.8. The highest BCUT2D eigenvalue weighted by Gasteiger charge is 2.14. The first-order valence-corrected chi connectivity index (χ1v) is 6.75. The number of esters is 1. The van der Waals surface area contributed by atoms with E-state index in [9.17, 15) is 9.90 Å². The standard InChI is InChI=1S/C15H14N4O3/c1-2-22-15(21)11-8-17-19-13(11)16-7-10-9-5-3-4-6-12(9)18-14(10)20/h3-8,18,20H,2H2,1H3,(H,17,19). The van der Waals surface area contributed by atoms with Crippen LogP contribution in [-0.2, 0) is 4.74 Å². The maximum absolute atomic E-state index is 11.8. The van der Waals surface area contributed by atoms with Gasteiger partial charge in [0.25, 0.3) is 0 Å². The Morgan fingerprint density at radius 1 is 1.45 bits per heavy atom. The van der Waals surface area contributed by atoms with Gasteiger partial charge in [-0.15, -0.1) is 0 Å². The van der Waals surface area contributed by atoms with Gasteiger partial charge in [-0.3, -0.25) is 5.10 Å². The first-order chi connectivity index (χ1) is 10.7. The third kappa shape index (κ3) is 2.44. The minimum absolute atomic E-state index is 0.0159. The van der Waals surface area contributed by atoms with Crippen LogP contribution in [0.25, 0.3) is 10.9 Å². The van der Waals surface area contributed by atoms with E-state index >= 15 is 0 Å². The normalized spacial score (nSPS) is 11.3. The van der Waals surface area contributed by atoms with E-state index in [1.54, 1.807) is 6.92 Å². The zero-order valence-corrected chi connectivity index (χ0v) is 11.8. The minimum Gasteiger partial charge on any atom is -0.494 e. The van der Waals surface area contributed by atoms with Crippen molar-refractivity contribution in [2.24, 2.45) is 4.99 Å². The van der Waals surface area contributed by atoms with Crippen LogP contribution in [0, 0.1) is 0 Å². The van der Waals surface area contributed by atoms with Crippen molar-refractivity contribution in [3.63, 3.8) is 0 Å². The van der Waals surface area contributed by atoms with Gasteiger partial charge in [-0.2, -0.15) is 5.10 Å². The lowest BCUT2D eigenvalue weighted by Crippen LogP contribution is -2.03. The van der Waals surface area contributed by atoms with E-state index < -0.39 is 5.97 Å². The van der Waals surface area contributed by atoms with Gasteiger partial charge in [-0.05, 0) is 13.0 Å². The van der Waals surface area contributed by atoms with Crippen molar-refractivity contribution in [2.75, 3.05) is 6.61 Å². The van der Waals surface area contributed by atoms with Crippen LogP contribution in [0.3, 0.4) is 0 Å². The molecule has 1 aromatic carbocycles. The van der Waals surface area contributed by atoms with Crippen LogP contribution in [0.5, 0.6) is 5.88 Å². The number of carbonyl (C=O) groups excluding carboxylic acids is 1. The largest absolute Gasteiger partial charge is 0.494 e. The summed E-state index contributed by atoms with van der Waals surface area (Å²) in [5, 5.41) is 17.2. The van der Waals surface area contributed by atoms with E-state index in [-0.39, 0.29) is 23.9 Å². The van der Waals surface area contributed by atoms with Crippen LogP contribution in [0.15, 0.2) is 35.5 Å². The Balaban J connectivity index is 1.96. The molecule has 2 heterocycles. The molecule has 0 aliphatic heterocycles. The molecule has 0 amide bonds. The summed E-state index contributed by atoms with van der Waals surface area (Å²) >= 11 is 0. The highest BCUT2D eigenvalue weighted by atomic mass is 16.5. The minimum atomic E-state index is -0.494. The number of rotatable bonds is 4. The molecule has 0 aliphatic rings. The van der Waals surface area contributed by atoms with E-state index in [4.69, 9.17) is 4.74 Å². The highest BCUT2D eigenvalue weighted by molar-refractivity contribution is 6.03. The predicted octanol–water partition coefficient (Wildman–Crippen LogP) is 2.52. The third-order valence-electron chi connectivity index (χ3n) is 3.16. The van der Waals surface area contributed by atoms with Crippen LogP contribution >= 0.6 is 0 Å². The maximum Gasteiger partial charge on any atom is 0.343 e. The first-order valence-electron chi connectivity index (χ1n) is 6.75. The molecule has 0 aliphatic carbocycles. The van der Waals surface area contributed by atoms with Crippen LogP contribution in [-0.4, -0.2) is 39.1 Å². The predicted molar refractivity (Wildman–Crippen MR) is 81.8 cm³/mol. The molecule has 3 N–H and O–H groups in total. The molecule has 0 atom stereocenters. The fraction of sp³-hybridized carbons (Fsp3) is 0.133. The number of aromatic amines is 2. The summed E-state index contributed by atoms with van der Waals surface area (Å²) < 4.78 is 4.93. The van der Waals surface area contributed by atoms with E-state index in [0.717, 1.165) is 10.9 Å². The van der Waals surface area contributed by atoms with E-state index in [1.165, 1.54) is 12.4 Å². The number of nitrogens with zero attached hydrogens (tertiary/aromatic N) is 2. The number of fused-ring (bicyclic) bond motifs is 1. The molecule has 0 unspecified atom stereocenters. The Labute approximate surface area is 125 Å². The molecule has 7 heteroatoms. The van der Waals surface area contributed by atoms with Gasteiger partial charge in [0, 0.05) is 17.1 Å². The summed E-state index contributed by atoms with van der Waals surface area (Å²) in [7, 11) is 0. The Morgan fingerprint density at radius 3 is 3.09 bits per heavy atom. The van der Waals surface area contributed by atoms with Crippen molar-refractivity contribution in [1.82, 2.24) is 15.2 Å². The third-order valence-corrected chi connectivity index (χ3v) is 3.16. The van der Waals surface area contributed by atoms with Crippen LogP contribution < -0.4 is 0 Å². The summed E-state index contributed by atoms with van der Waals surface area (Å²) in [4.78, 5) is 18.8. The van der Waals surface area contributed by atoms with Crippen molar-refractivity contribution in [3.05, 3.63) is 41.6 Å². The number of aliphatic imine (C=N–C) groups is 1. The average molecular weight is 298 g/mol. The van der Waals surface area contributed by atoms with Gasteiger partial charge in [0.05, 0.1) is 18.4 Å². The highest BCUT2D eigenvalue weighted by Crippen LogP contribution is 2.26. The molecule has 3 rings (SSSR count). The smallest absolute Gasteiger partial charge is 0.343 e. The van der Waals surface area contributed by atoms with Gasteiger partial charge >= 0.3 is 5.97 Å². The summed E-state index contributed by atoms with van der Waals surface area (Å²) in [5.41, 5.74) is 1.59. The Hall–Kier alpha value is -3.09. The lowest BCUT2D eigenvalue weighted by molar-refractivity contribution is 0.0527. The maximum atomic E-state index is 11.8. The molecule has 3 aromatic rings. The molecule has 0 fully saturated rings. The lowest BCUT2D eigenvalue weighted by atomic mass is 10.2. The number of hydrogen-bond donors (Lipinski definition) is 3. The number of carbonyl (C=O) groups is 1. The Kier molecular flexibility index (Phi) is 3.61. The average Bonchev–Trinajstić information content (AvgIpc) is 3.09. The number of ether oxygens (including phenoxy) is 1. The van der Waals surface area contributed by atoms with Gasteiger partial charge in [0.2, 0.25) is 0 Å². The molecule has 0 spiro atoms. The second-order valence-corrected chi connectivity index (χ2v) is 4.54. The summed E-state index contributed by atoms with van der Waals surface area (Å²) in [6, 6.07) is 7.46. The quantitative estimate of drug-likeness (QED) is 0.508. The van der Waals surface area contributed by atoms with Crippen LogP contribution in [0.1, 0.15) is 22.8 Å². The van der Waals surface area contributed by atoms with Crippen molar-refractivity contribution < 1.29 is 14.6 Å². The van der Waals surface area contributed by atoms with Gasteiger partial charge in [0.15, 0.2) is 11.7 Å². The molecule has 22 heavy (non-hydrogen) atoms. The molecule has 0 saturated carbocycles. The zero-order chi connectivity index (χ0) is 15.5. The molecule has 2 aromatic heterocycles. The van der Waals surface area contributed by atoms with Crippen molar-refractivity contribution in [2.45, 2.75) is 6.92 Å². The topological polar surface area (TPSA) is 103 Å². The van der Waals surface area contributed by atoms with Crippen molar-refractivity contribution >= 4 is 28.9 Å². The number of benzene rings is 1. The Bertz CT molecular complexity index is 847. The van der Waals surface area contributed by atoms with Gasteiger partial charge in [0.1, 0.15) is 5.56 Å². The second kappa shape index (κ2) is 5.72. The van der Waals surface area contributed by atoms with E-state index in [2.05, 4.69) is 20.2 Å². The number of para-hydroxylation sites is 1. The number of aromatic nitrogens is 3. The van der Waals surface area contributed by atoms with E-state index in [1.807, 2.05) is 24.3 Å². The van der Waals surface area contributed by atoms with Gasteiger partial charge < -0.3 is 14.8 Å². The Morgan fingerprint density at radius 2 is 2.27 bits per heavy atom. The number of H-pyrrole nitrogens is 2. The second-order valence-electron chi connectivity index (χ2n) is 4.54. The fourth-order valence-corrected chi connectivity index (χ4v) is 2.15. The molecule has 7 nitrogen and oxygen atoms in total. The SMILES string of the molecule is CCOC(=O)c1cn[nH]c1N=Cc1c(O)[nH]c2ccccc12. The summed E-state index contributed by atoms with van der Waals surface area (Å²) in [6.45, 7) is 2.00. The lowest BCUT2D eigenvalue weighted by Gasteiger charge is -1.99. The van der Waals surface area contributed by atoms with Crippen LogP contribution in [0.2, 0.25) is 0 Å². The molecular formula is C15H14N4O3. The molecule has 112 valence electrons. The van der Waals surface area contributed by atoms with E-state index in [0.29, 0.717) is 5.56 Å². The molecule has 0 bridgehead atoms. The van der Waals surface area contributed by atoms with Gasteiger partial charge in [-0.25, -0.2) is 9.79 Å². The first kappa shape index (κ1) is 13.9. The molecule has 0 saturated heterocycles. The van der Waals surface area contributed by atoms with Crippen molar-refractivity contribution in [1.29, 1.82) is 0 Å². The number of hydrogen-bond acceptors (Lipinski definition) is 5. The number of nitrogens with one attached hydrogen (secondary N) is 2. The van der Waals surface area contributed by atoms with Gasteiger partial charge in [-0.1, -0.05) is 18.2 Å². The molecular weight excluding hydrogens is 284 g/mol. The fourth-order valence-electron chi connectivity index (χ4n) is 2.15. The summed E-state index contributed by atoms with van der Waals surface area (Å²) in [5.74, 6) is -0.197.